The van der Waals surface area contributed by atoms with Crippen molar-refractivity contribution < 1.29 is 9.72 Å². The average molecular weight is 390 g/mol. The molecule has 2 N–H and O–H groups in total. The van der Waals surface area contributed by atoms with Crippen LogP contribution in [0.2, 0.25) is 0 Å². The summed E-state index contributed by atoms with van der Waals surface area (Å²) in [4.78, 5) is 27.1. The van der Waals surface area contributed by atoms with E-state index in [0.717, 1.165) is 16.3 Å². The number of fused-ring (bicyclic) bond motifs is 1. The first-order valence-electron chi connectivity index (χ1n) is 8.36. The van der Waals surface area contributed by atoms with Crippen molar-refractivity contribution in [2.75, 3.05) is 5.43 Å². The van der Waals surface area contributed by atoms with Crippen LogP contribution in [0.15, 0.2) is 72.1 Å². The maximum Gasteiger partial charge on any atom is 0.269 e. The molecule has 4 aromatic rings. The molecule has 0 aliphatic rings. The first-order chi connectivity index (χ1) is 13.6. The van der Waals surface area contributed by atoms with Crippen molar-refractivity contribution in [3.63, 3.8) is 0 Å². The van der Waals surface area contributed by atoms with Gasteiger partial charge in [0.25, 0.3) is 11.6 Å². The second-order valence-electron chi connectivity index (χ2n) is 5.98. The largest absolute Gasteiger partial charge is 0.273 e. The molecule has 7 nitrogen and oxygen atoms in total. The Morgan fingerprint density at radius 1 is 1.00 bits per heavy atom. The zero-order valence-electron chi connectivity index (χ0n) is 14.5. The molecule has 28 heavy (non-hydrogen) atoms. The number of carbonyl (C=O) groups is 1. The van der Waals surface area contributed by atoms with Gasteiger partial charge in [0.2, 0.25) is 5.13 Å². The molecule has 0 saturated carbocycles. The molecule has 1 amide bonds. The number of nitrogens with one attached hydrogen (secondary N) is 2. The highest BCUT2D eigenvalue weighted by Crippen LogP contribution is 2.26. The molecule has 0 aliphatic heterocycles. The number of hydrogen-bond acceptors (Lipinski definition) is 6. The summed E-state index contributed by atoms with van der Waals surface area (Å²) in [6.07, 6.45) is 0. The van der Waals surface area contributed by atoms with Crippen LogP contribution in [0.3, 0.4) is 0 Å². The van der Waals surface area contributed by atoms with Gasteiger partial charge in [0, 0.05) is 28.6 Å². The number of benzene rings is 3. The molecule has 4 rings (SSSR count). The zero-order valence-corrected chi connectivity index (χ0v) is 15.3. The minimum absolute atomic E-state index is 0.0278. The lowest BCUT2D eigenvalue weighted by Gasteiger charge is -2.06. The lowest BCUT2D eigenvalue weighted by Crippen LogP contribution is -2.29. The van der Waals surface area contributed by atoms with Crippen molar-refractivity contribution in [2.24, 2.45) is 0 Å². The van der Waals surface area contributed by atoms with Gasteiger partial charge in [-0.25, -0.2) is 4.98 Å². The molecule has 1 heterocycles. The van der Waals surface area contributed by atoms with Crippen molar-refractivity contribution in [3.05, 3.63) is 87.8 Å². The topological polar surface area (TPSA) is 97.2 Å². The van der Waals surface area contributed by atoms with Gasteiger partial charge in [-0.1, -0.05) is 30.3 Å². The number of aromatic nitrogens is 1. The number of non-ortho nitro benzene ring substituents is 1. The summed E-state index contributed by atoms with van der Waals surface area (Å²) < 4.78 is 0. The van der Waals surface area contributed by atoms with E-state index in [1.807, 2.05) is 41.8 Å². The Morgan fingerprint density at radius 3 is 2.50 bits per heavy atom. The van der Waals surface area contributed by atoms with Crippen molar-refractivity contribution in [3.8, 4) is 11.3 Å². The summed E-state index contributed by atoms with van der Waals surface area (Å²) in [5.41, 5.74) is 7.45. The number of amides is 1. The van der Waals surface area contributed by atoms with E-state index in [1.54, 1.807) is 18.2 Å². The first kappa shape index (κ1) is 17.6. The molecule has 0 unspecified atom stereocenters. The summed E-state index contributed by atoms with van der Waals surface area (Å²) >= 11 is 1.32. The third-order valence-electron chi connectivity index (χ3n) is 4.17. The molecule has 0 spiro atoms. The van der Waals surface area contributed by atoms with E-state index in [4.69, 9.17) is 0 Å². The maximum absolute atomic E-state index is 12.4. The van der Waals surface area contributed by atoms with Gasteiger partial charge in [0.15, 0.2) is 0 Å². The Bertz CT molecular complexity index is 1170. The maximum atomic E-state index is 12.4. The van der Waals surface area contributed by atoms with E-state index in [0.29, 0.717) is 16.4 Å². The number of thiazole rings is 1. The molecule has 0 bridgehead atoms. The standard InChI is InChI=1S/C20H14N4O3S/c25-19(16-6-5-13-3-1-2-4-15(13)11-16)22-23-20-21-18(12-28-20)14-7-9-17(10-8-14)24(26)27/h1-12H,(H,21,23)(H,22,25). The number of carbonyl (C=O) groups excluding carboxylic acids is 1. The second kappa shape index (κ2) is 7.45. The smallest absolute Gasteiger partial charge is 0.269 e. The Kier molecular flexibility index (Phi) is 4.69. The van der Waals surface area contributed by atoms with Gasteiger partial charge in [-0.05, 0) is 35.0 Å². The average Bonchev–Trinajstić information content (AvgIpc) is 3.21. The van der Waals surface area contributed by atoms with Crippen LogP contribution in [0.25, 0.3) is 22.0 Å². The summed E-state index contributed by atoms with van der Waals surface area (Å²) in [5, 5.41) is 15.1. The fraction of sp³-hybridized carbons (Fsp3) is 0. The van der Waals surface area contributed by atoms with Gasteiger partial charge in [-0.15, -0.1) is 11.3 Å². The van der Waals surface area contributed by atoms with Gasteiger partial charge in [-0.3, -0.25) is 25.8 Å². The van der Waals surface area contributed by atoms with Gasteiger partial charge in [-0.2, -0.15) is 0 Å². The molecule has 0 saturated heterocycles. The molecular formula is C20H14N4O3S. The van der Waals surface area contributed by atoms with Crippen LogP contribution in [-0.4, -0.2) is 15.8 Å². The molecule has 1 aromatic heterocycles. The lowest BCUT2D eigenvalue weighted by atomic mass is 10.1. The van der Waals surface area contributed by atoms with Crippen molar-refractivity contribution in [2.45, 2.75) is 0 Å². The van der Waals surface area contributed by atoms with Gasteiger partial charge < -0.3 is 0 Å². The minimum atomic E-state index is -0.444. The summed E-state index contributed by atoms with van der Waals surface area (Å²) in [6, 6.07) is 19.5. The number of hydrazine groups is 1. The van der Waals surface area contributed by atoms with Gasteiger partial charge in [0.1, 0.15) is 0 Å². The van der Waals surface area contributed by atoms with E-state index in [-0.39, 0.29) is 11.6 Å². The van der Waals surface area contributed by atoms with Crippen molar-refractivity contribution >= 4 is 38.8 Å². The SMILES string of the molecule is O=C(NNc1nc(-c2ccc([N+](=O)[O-])cc2)cs1)c1ccc2ccccc2c1. The Morgan fingerprint density at radius 2 is 1.75 bits per heavy atom. The van der Waals surface area contributed by atoms with Crippen LogP contribution in [0.1, 0.15) is 10.4 Å². The highest BCUT2D eigenvalue weighted by atomic mass is 32.1. The molecule has 0 fully saturated rings. The van der Waals surface area contributed by atoms with Crippen LogP contribution in [0.4, 0.5) is 10.8 Å². The van der Waals surface area contributed by atoms with Crippen LogP contribution < -0.4 is 10.9 Å². The summed E-state index contributed by atoms with van der Waals surface area (Å²) in [7, 11) is 0. The number of nitro groups is 1. The van der Waals surface area contributed by atoms with E-state index in [1.165, 1.54) is 23.5 Å². The van der Waals surface area contributed by atoms with Gasteiger partial charge >= 0.3 is 0 Å². The fourth-order valence-electron chi connectivity index (χ4n) is 2.73. The number of hydrogen-bond donors (Lipinski definition) is 2. The normalized spacial score (nSPS) is 10.6. The van der Waals surface area contributed by atoms with Crippen LogP contribution >= 0.6 is 11.3 Å². The van der Waals surface area contributed by atoms with Crippen molar-refractivity contribution in [1.29, 1.82) is 0 Å². The Balaban J connectivity index is 1.43. The number of rotatable bonds is 5. The monoisotopic (exact) mass is 390 g/mol. The lowest BCUT2D eigenvalue weighted by molar-refractivity contribution is -0.384. The van der Waals surface area contributed by atoms with Gasteiger partial charge in [0.05, 0.1) is 10.6 Å². The molecule has 0 aliphatic carbocycles. The summed E-state index contributed by atoms with van der Waals surface area (Å²) in [5.74, 6) is -0.266. The molecule has 0 atom stereocenters. The minimum Gasteiger partial charge on any atom is -0.273 e. The Hall–Kier alpha value is -3.78. The fourth-order valence-corrected chi connectivity index (χ4v) is 3.40. The second-order valence-corrected chi connectivity index (χ2v) is 6.84. The third kappa shape index (κ3) is 3.67. The zero-order chi connectivity index (χ0) is 19.5. The highest BCUT2D eigenvalue weighted by molar-refractivity contribution is 7.14. The van der Waals surface area contributed by atoms with Crippen LogP contribution in [0, 0.1) is 10.1 Å². The quantitative estimate of drug-likeness (QED) is 0.382. The Labute approximate surface area is 163 Å². The van der Waals surface area contributed by atoms with Crippen LogP contribution in [0.5, 0.6) is 0 Å². The number of nitro benzene ring substituents is 1. The number of anilines is 1. The van der Waals surface area contributed by atoms with Crippen molar-refractivity contribution in [1.82, 2.24) is 10.4 Å². The predicted molar refractivity (Wildman–Crippen MR) is 109 cm³/mol. The molecule has 8 heteroatoms. The van der Waals surface area contributed by atoms with Crippen LogP contribution in [-0.2, 0) is 0 Å². The molecule has 0 radical (unpaired) electrons. The molecular weight excluding hydrogens is 376 g/mol. The predicted octanol–water partition coefficient (Wildman–Crippen LogP) is 4.63. The van der Waals surface area contributed by atoms with E-state index < -0.39 is 4.92 Å². The van der Waals surface area contributed by atoms with E-state index in [9.17, 15) is 14.9 Å². The first-order valence-corrected chi connectivity index (χ1v) is 9.23. The highest BCUT2D eigenvalue weighted by Gasteiger charge is 2.10. The molecule has 3 aromatic carbocycles. The number of nitrogens with zero attached hydrogens (tertiary/aromatic N) is 2. The van der Waals surface area contributed by atoms with E-state index >= 15 is 0 Å². The van der Waals surface area contributed by atoms with E-state index in [2.05, 4.69) is 15.8 Å². The molecule has 138 valence electrons. The third-order valence-corrected chi connectivity index (χ3v) is 4.93. The summed E-state index contributed by atoms with van der Waals surface area (Å²) in [6.45, 7) is 0.